The molecular formula is C12H21ClN2S. The molecule has 0 saturated carbocycles. The van der Waals surface area contributed by atoms with Gasteiger partial charge in [0.1, 0.15) is 5.01 Å². The highest BCUT2D eigenvalue weighted by molar-refractivity contribution is 7.09. The summed E-state index contributed by atoms with van der Waals surface area (Å²) in [7, 11) is 0. The second-order valence-electron chi connectivity index (χ2n) is 4.16. The van der Waals surface area contributed by atoms with Gasteiger partial charge in [0.25, 0.3) is 0 Å². The van der Waals surface area contributed by atoms with Crippen molar-refractivity contribution >= 4 is 22.9 Å². The van der Waals surface area contributed by atoms with Crippen molar-refractivity contribution in [2.24, 2.45) is 0 Å². The Labute approximate surface area is 108 Å². The molecule has 1 heterocycles. The van der Waals surface area contributed by atoms with Gasteiger partial charge in [0, 0.05) is 11.4 Å². The smallest absolute Gasteiger partial charge is 0.110 e. The molecule has 0 fully saturated rings. The average molecular weight is 261 g/mol. The summed E-state index contributed by atoms with van der Waals surface area (Å²) in [5, 5.41) is 3.27. The molecule has 0 bridgehead atoms. The van der Waals surface area contributed by atoms with E-state index in [0.717, 1.165) is 18.7 Å². The van der Waals surface area contributed by atoms with Crippen LogP contribution in [0.15, 0.2) is 5.38 Å². The van der Waals surface area contributed by atoms with Gasteiger partial charge in [-0.3, -0.25) is 4.90 Å². The van der Waals surface area contributed by atoms with Gasteiger partial charge in [-0.15, -0.1) is 22.9 Å². The van der Waals surface area contributed by atoms with E-state index in [1.165, 1.54) is 5.01 Å². The lowest BCUT2D eigenvalue weighted by molar-refractivity contribution is 0.157. The topological polar surface area (TPSA) is 16.1 Å². The van der Waals surface area contributed by atoms with Gasteiger partial charge >= 0.3 is 0 Å². The monoisotopic (exact) mass is 260 g/mol. The summed E-state index contributed by atoms with van der Waals surface area (Å²) in [4.78, 5) is 7.08. The third-order valence-electron chi connectivity index (χ3n) is 2.81. The quantitative estimate of drug-likeness (QED) is 0.717. The van der Waals surface area contributed by atoms with Gasteiger partial charge in [0.05, 0.1) is 17.6 Å². The van der Waals surface area contributed by atoms with Crippen LogP contribution in [0.25, 0.3) is 0 Å². The van der Waals surface area contributed by atoms with Crippen molar-refractivity contribution < 1.29 is 0 Å². The number of rotatable bonds is 6. The van der Waals surface area contributed by atoms with Crippen LogP contribution in [0.2, 0.25) is 0 Å². The van der Waals surface area contributed by atoms with Gasteiger partial charge in [-0.05, 0) is 26.8 Å². The van der Waals surface area contributed by atoms with E-state index >= 15 is 0 Å². The molecule has 4 heteroatoms. The van der Waals surface area contributed by atoms with Crippen LogP contribution < -0.4 is 0 Å². The number of hydrogen-bond acceptors (Lipinski definition) is 3. The molecule has 0 saturated heterocycles. The van der Waals surface area contributed by atoms with Crippen LogP contribution in [0.3, 0.4) is 0 Å². The molecule has 1 rings (SSSR count). The van der Waals surface area contributed by atoms with Gasteiger partial charge in [-0.25, -0.2) is 4.98 Å². The highest BCUT2D eigenvalue weighted by Gasteiger charge is 2.22. The van der Waals surface area contributed by atoms with E-state index in [2.05, 4.69) is 43.0 Å². The van der Waals surface area contributed by atoms with Crippen LogP contribution in [0, 0.1) is 0 Å². The zero-order valence-corrected chi connectivity index (χ0v) is 12.1. The second kappa shape index (κ2) is 6.58. The largest absolute Gasteiger partial charge is 0.292 e. The Bertz CT molecular complexity index is 312. The van der Waals surface area contributed by atoms with E-state index in [-0.39, 0.29) is 0 Å². The highest BCUT2D eigenvalue weighted by atomic mass is 35.5. The van der Waals surface area contributed by atoms with Gasteiger partial charge in [-0.2, -0.15) is 0 Å². The molecule has 2 nitrogen and oxygen atoms in total. The molecule has 92 valence electrons. The molecule has 0 aromatic carbocycles. The Hall–Kier alpha value is -0.120. The Balaban J connectivity index is 2.87. The van der Waals surface area contributed by atoms with Crippen molar-refractivity contribution in [1.29, 1.82) is 0 Å². The Morgan fingerprint density at radius 1 is 1.44 bits per heavy atom. The lowest BCUT2D eigenvalue weighted by Crippen LogP contribution is -2.34. The first-order valence-corrected chi connectivity index (χ1v) is 7.31. The van der Waals surface area contributed by atoms with E-state index < -0.39 is 0 Å². The third kappa shape index (κ3) is 3.19. The maximum Gasteiger partial charge on any atom is 0.110 e. The Kier molecular flexibility index (Phi) is 5.73. The van der Waals surface area contributed by atoms with E-state index in [4.69, 9.17) is 11.6 Å². The van der Waals surface area contributed by atoms with Gasteiger partial charge in [-0.1, -0.05) is 13.8 Å². The van der Waals surface area contributed by atoms with Crippen LogP contribution in [-0.4, -0.2) is 22.5 Å². The highest BCUT2D eigenvalue weighted by Crippen LogP contribution is 2.28. The fourth-order valence-electron chi connectivity index (χ4n) is 2.03. The van der Waals surface area contributed by atoms with E-state index in [1.54, 1.807) is 11.3 Å². The van der Waals surface area contributed by atoms with E-state index in [9.17, 15) is 0 Å². The molecule has 0 spiro atoms. The van der Waals surface area contributed by atoms with Crippen molar-refractivity contribution in [2.75, 3.05) is 6.54 Å². The number of thiazole rings is 1. The van der Waals surface area contributed by atoms with Crippen LogP contribution in [0.4, 0.5) is 0 Å². The standard InChI is InChI=1S/C12H21ClN2S/c1-5-11(15(6-2)9(3)4)12-14-10(7-13)8-16-12/h8-9,11H,5-7H2,1-4H3. The summed E-state index contributed by atoms with van der Waals surface area (Å²) in [5.74, 6) is 0.515. The second-order valence-corrected chi connectivity index (χ2v) is 5.32. The number of halogens is 1. The minimum Gasteiger partial charge on any atom is -0.292 e. The van der Waals surface area contributed by atoms with Crippen LogP contribution >= 0.6 is 22.9 Å². The minimum atomic E-state index is 0.437. The molecule has 1 atom stereocenters. The minimum absolute atomic E-state index is 0.437. The zero-order chi connectivity index (χ0) is 12.1. The Morgan fingerprint density at radius 3 is 2.50 bits per heavy atom. The molecule has 0 aliphatic heterocycles. The first kappa shape index (κ1) is 13.9. The maximum atomic E-state index is 5.79. The normalized spacial score (nSPS) is 13.7. The van der Waals surface area contributed by atoms with Crippen molar-refractivity contribution in [2.45, 2.75) is 52.1 Å². The molecule has 16 heavy (non-hydrogen) atoms. The maximum absolute atomic E-state index is 5.79. The average Bonchev–Trinajstić information content (AvgIpc) is 2.73. The molecule has 1 aromatic heterocycles. The summed E-state index contributed by atoms with van der Waals surface area (Å²) >= 11 is 7.53. The predicted octanol–water partition coefficient (Wildman–Crippen LogP) is 4.06. The first-order valence-electron chi connectivity index (χ1n) is 5.89. The summed E-state index contributed by atoms with van der Waals surface area (Å²) < 4.78 is 0. The number of alkyl halides is 1. The first-order chi connectivity index (χ1) is 7.63. The molecule has 0 radical (unpaired) electrons. The number of hydrogen-bond donors (Lipinski definition) is 0. The third-order valence-corrected chi connectivity index (χ3v) is 4.08. The fourth-order valence-corrected chi connectivity index (χ4v) is 3.28. The predicted molar refractivity (Wildman–Crippen MR) is 72.2 cm³/mol. The lowest BCUT2D eigenvalue weighted by atomic mass is 10.1. The van der Waals surface area contributed by atoms with E-state index in [1.807, 2.05) is 0 Å². The summed E-state index contributed by atoms with van der Waals surface area (Å²) in [6, 6.07) is 0.991. The SMILES string of the molecule is CCC(c1nc(CCl)cs1)N(CC)C(C)C. The fraction of sp³-hybridized carbons (Fsp3) is 0.750. The molecule has 1 unspecified atom stereocenters. The summed E-state index contributed by atoms with van der Waals surface area (Å²) in [5.41, 5.74) is 1.000. The van der Waals surface area contributed by atoms with Crippen LogP contribution in [0.1, 0.15) is 50.9 Å². The zero-order valence-electron chi connectivity index (χ0n) is 10.5. The van der Waals surface area contributed by atoms with E-state index in [0.29, 0.717) is 18.0 Å². The van der Waals surface area contributed by atoms with Crippen molar-refractivity contribution in [1.82, 2.24) is 9.88 Å². The molecule has 0 aliphatic rings. The van der Waals surface area contributed by atoms with Crippen molar-refractivity contribution in [3.63, 3.8) is 0 Å². The summed E-state index contributed by atoms with van der Waals surface area (Å²) in [6.45, 7) is 9.96. The molecule has 1 aromatic rings. The van der Waals surface area contributed by atoms with Gasteiger partial charge in [0.15, 0.2) is 0 Å². The molecule has 0 aliphatic carbocycles. The van der Waals surface area contributed by atoms with Crippen molar-refractivity contribution in [3.05, 3.63) is 16.1 Å². The molecule has 0 N–H and O–H groups in total. The number of aromatic nitrogens is 1. The Morgan fingerprint density at radius 2 is 2.12 bits per heavy atom. The lowest BCUT2D eigenvalue weighted by Gasteiger charge is -2.32. The van der Waals surface area contributed by atoms with Gasteiger partial charge in [0.2, 0.25) is 0 Å². The number of nitrogens with zero attached hydrogens (tertiary/aromatic N) is 2. The van der Waals surface area contributed by atoms with Crippen LogP contribution in [0.5, 0.6) is 0 Å². The molecular weight excluding hydrogens is 240 g/mol. The van der Waals surface area contributed by atoms with Gasteiger partial charge < -0.3 is 0 Å². The summed E-state index contributed by atoms with van der Waals surface area (Å²) in [6.07, 6.45) is 1.10. The molecule has 0 amide bonds. The van der Waals surface area contributed by atoms with Crippen LogP contribution in [-0.2, 0) is 5.88 Å². The van der Waals surface area contributed by atoms with Crippen molar-refractivity contribution in [3.8, 4) is 0 Å².